The Morgan fingerprint density at radius 3 is 2.17 bits per heavy atom. The number of carbonyl (C=O) groups excluding carboxylic acids is 1. The lowest BCUT2D eigenvalue weighted by Crippen LogP contribution is -2.03. The Morgan fingerprint density at radius 1 is 1.50 bits per heavy atom. The van der Waals surface area contributed by atoms with Crippen LogP contribution in [0, 0.1) is 0 Å². The van der Waals surface area contributed by atoms with E-state index in [0.29, 0.717) is 6.26 Å². The molecule has 1 saturated heterocycles. The van der Waals surface area contributed by atoms with Gasteiger partial charge in [-0.1, -0.05) is 4.55 Å². The van der Waals surface area contributed by atoms with E-state index >= 15 is 0 Å². The molecule has 0 spiro atoms. The molecule has 0 saturated carbocycles. The fourth-order valence-corrected chi connectivity index (χ4v) is 0.680. The third kappa shape index (κ3) is 9.16. The molecular formula is C6H10NO4S. The van der Waals surface area contributed by atoms with Crippen LogP contribution >= 0.6 is 0 Å². The predicted molar refractivity (Wildman–Crippen MR) is 42.0 cm³/mol. The monoisotopic (exact) mass is 192 g/mol. The molecule has 1 rings (SSSR count). The van der Waals surface area contributed by atoms with Gasteiger partial charge in [-0.15, -0.1) is 0 Å². The molecule has 0 aromatic rings. The summed E-state index contributed by atoms with van der Waals surface area (Å²) in [5, 5.41) is 2.90. The van der Waals surface area contributed by atoms with Gasteiger partial charge in [-0.3, -0.25) is 0 Å². The molecule has 0 atom stereocenters. The van der Waals surface area contributed by atoms with Gasteiger partial charge in [-0.05, 0) is 12.8 Å². The largest absolute Gasteiger partial charge is 0.379 e. The summed E-state index contributed by atoms with van der Waals surface area (Å²) >= 11 is 0. The van der Waals surface area contributed by atoms with Crippen molar-refractivity contribution in [1.82, 2.24) is 5.32 Å². The second kappa shape index (κ2) is 4.92. The van der Waals surface area contributed by atoms with Crippen LogP contribution in [0.3, 0.4) is 0 Å². The molecule has 0 amide bonds. The van der Waals surface area contributed by atoms with E-state index in [0.717, 1.165) is 25.1 Å². The highest BCUT2D eigenvalue weighted by atomic mass is 32.2. The highest BCUT2D eigenvalue weighted by molar-refractivity contribution is 7.84. The molecule has 12 heavy (non-hydrogen) atoms. The van der Waals surface area contributed by atoms with Crippen molar-refractivity contribution in [1.29, 1.82) is 0 Å². The number of hydrogen-bond donors (Lipinski definition) is 1. The van der Waals surface area contributed by atoms with Crippen LogP contribution in [-0.4, -0.2) is 27.2 Å². The average Bonchev–Trinajstić information content (AvgIpc) is 2.33. The summed E-state index contributed by atoms with van der Waals surface area (Å²) in [6, 6.07) is 0. The van der Waals surface area contributed by atoms with Crippen molar-refractivity contribution in [2.75, 3.05) is 12.8 Å². The zero-order valence-corrected chi connectivity index (χ0v) is 7.48. The first-order valence-electron chi connectivity index (χ1n) is 3.32. The molecule has 5 nitrogen and oxygen atoms in total. The zero-order valence-electron chi connectivity index (χ0n) is 6.66. The lowest BCUT2D eigenvalue weighted by Gasteiger charge is -1.84. The van der Waals surface area contributed by atoms with Gasteiger partial charge in [0.1, 0.15) is 5.94 Å². The minimum atomic E-state index is -3.92. The van der Waals surface area contributed by atoms with Gasteiger partial charge in [0.25, 0.3) is 10.1 Å². The topological polar surface area (TPSA) is 83.1 Å². The maximum Gasteiger partial charge on any atom is 0.291 e. The molecule has 6 heteroatoms. The van der Waals surface area contributed by atoms with E-state index in [1.807, 2.05) is 5.94 Å². The van der Waals surface area contributed by atoms with E-state index in [4.69, 9.17) is 13.0 Å². The van der Waals surface area contributed by atoms with E-state index in [1.54, 1.807) is 0 Å². The molecule has 0 aromatic carbocycles. The highest BCUT2D eigenvalue weighted by Gasteiger charge is 2.03. The molecule has 0 aliphatic carbocycles. The van der Waals surface area contributed by atoms with Gasteiger partial charge in [0, 0.05) is 6.54 Å². The van der Waals surface area contributed by atoms with Gasteiger partial charge in [0.05, 0.1) is 12.0 Å². The molecule has 1 radical (unpaired) electrons. The number of allylic oxidation sites excluding steroid dienone is 1. The fraction of sp³-hybridized carbons (Fsp3) is 0.667. The smallest absolute Gasteiger partial charge is 0.291 e. The summed E-state index contributed by atoms with van der Waals surface area (Å²) in [6.45, 7) is 0.949. The number of rotatable bonds is 0. The van der Waals surface area contributed by atoms with E-state index in [-0.39, 0.29) is 0 Å². The minimum Gasteiger partial charge on any atom is -0.379 e. The maximum atomic E-state index is 9.78. The zero-order chi connectivity index (χ0) is 9.61. The minimum absolute atomic E-state index is 0.604. The summed E-state index contributed by atoms with van der Waals surface area (Å²) < 4.78 is 27.2. The Balaban J connectivity index is 0.000000217. The standard InChI is InChI=1S/C5H7NO.CH3O3S/c7-4-5-2-1-3-6-5;1-5(2,3)4/h6H,1-3H2;1H3. The quantitative estimate of drug-likeness (QED) is 0.522. The van der Waals surface area contributed by atoms with Crippen LogP contribution in [0.15, 0.2) is 5.70 Å². The predicted octanol–water partition coefficient (Wildman–Crippen LogP) is -0.538. The normalized spacial score (nSPS) is 15.7. The fourth-order valence-electron chi connectivity index (χ4n) is 0.680. The second-order valence-corrected chi connectivity index (χ2v) is 3.72. The third-order valence-electron chi connectivity index (χ3n) is 1.07. The van der Waals surface area contributed by atoms with E-state index in [9.17, 15) is 4.79 Å². The Hall–Kier alpha value is -0.840. The molecule has 1 N–H and O–H groups in total. The Kier molecular flexibility index (Phi) is 4.58. The van der Waals surface area contributed by atoms with Gasteiger partial charge in [-0.2, -0.15) is 8.42 Å². The van der Waals surface area contributed by atoms with Crippen LogP contribution in [-0.2, 0) is 19.5 Å². The third-order valence-corrected chi connectivity index (χ3v) is 1.07. The van der Waals surface area contributed by atoms with Crippen molar-refractivity contribution in [3.05, 3.63) is 5.70 Å². The number of hydrogen-bond acceptors (Lipinski definition) is 4. The summed E-state index contributed by atoms with van der Waals surface area (Å²) in [4.78, 5) is 9.78. The van der Waals surface area contributed by atoms with Crippen LogP contribution in [0.25, 0.3) is 0 Å². The first-order valence-corrected chi connectivity index (χ1v) is 5.14. The SMILES string of the molecule is CS([O])(=O)=O.O=C=C1CCCN1. The summed E-state index contributed by atoms with van der Waals surface area (Å²) in [5.41, 5.74) is 0.736. The molecular weight excluding hydrogens is 182 g/mol. The van der Waals surface area contributed by atoms with Gasteiger partial charge in [0.2, 0.25) is 0 Å². The molecule has 1 heterocycles. The van der Waals surface area contributed by atoms with Crippen molar-refractivity contribution >= 4 is 16.1 Å². The molecule has 69 valence electrons. The first-order chi connectivity index (χ1) is 5.43. The van der Waals surface area contributed by atoms with Gasteiger partial charge in [0.15, 0.2) is 0 Å². The summed E-state index contributed by atoms with van der Waals surface area (Å²) in [5.74, 6) is 1.82. The summed E-state index contributed by atoms with van der Waals surface area (Å²) in [6.07, 6.45) is 2.58. The van der Waals surface area contributed by atoms with Crippen molar-refractivity contribution in [2.45, 2.75) is 12.8 Å². The lowest BCUT2D eigenvalue weighted by atomic mass is 10.3. The van der Waals surface area contributed by atoms with Crippen molar-refractivity contribution in [3.63, 3.8) is 0 Å². The molecule has 0 bridgehead atoms. The molecule has 0 aromatic heterocycles. The Bertz CT molecular complexity index is 260. The highest BCUT2D eigenvalue weighted by Crippen LogP contribution is 2.03. The molecule has 0 unspecified atom stereocenters. The van der Waals surface area contributed by atoms with Crippen molar-refractivity contribution < 1.29 is 17.8 Å². The first kappa shape index (κ1) is 11.2. The maximum absolute atomic E-state index is 9.78. The average molecular weight is 192 g/mol. The van der Waals surface area contributed by atoms with Gasteiger partial charge >= 0.3 is 0 Å². The van der Waals surface area contributed by atoms with E-state index in [1.165, 1.54) is 0 Å². The van der Waals surface area contributed by atoms with Crippen molar-refractivity contribution in [2.24, 2.45) is 0 Å². The summed E-state index contributed by atoms with van der Waals surface area (Å²) in [7, 11) is -3.92. The van der Waals surface area contributed by atoms with Crippen LogP contribution < -0.4 is 5.32 Å². The molecule has 1 fully saturated rings. The second-order valence-electron chi connectivity index (χ2n) is 2.32. The number of nitrogens with one attached hydrogen (secondary N) is 1. The lowest BCUT2D eigenvalue weighted by molar-refractivity contribution is 0.420. The van der Waals surface area contributed by atoms with Gasteiger partial charge < -0.3 is 5.32 Å². The van der Waals surface area contributed by atoms with E-state index in [2.05, 4.69) is 5.32 Å². The van der Waals surface area contributed by atoms with Crippen LogP contribution in [0.1, 0.15) is 12.8 Å². The van der Waals surface area contributed by atoms with E-state index < -0.39 is 10.1 Å². The van der Waals surface area contributed by atoms with Crippen molar-refractivity contribution in [3.8, 4) is 0 Å². The Morgan fingerprint density at radius 2 is 2.00 bits per heavy atom. The molecule has 1 aliphatic rings. The van der Waals surface area contributed by atoms with Crippen LogP contribution in [0.2, 0.25) is 0 Å². The Labute approximate surface area is 71.2 Å². The van der Waals surface area contributed by atoms with Crippen LogP contribution in [0.4, 0.5) is 0 Å². The van der Waals surface area contributed by atoms with Crippen LogP contribution in [0.5, 0.6) is 0 Å². The molecule has 1 aliphatic heterocycles. The van der Waals surface area contributed by atoms with Gasteiger partial charge in [-0.25, -0.2) is 4.79 Å².